The fourth-order valence-electron chi connectivity index (χ4n) is 3.22. The van der Waals surface area contributed by atoms with Gasteiger partial charge in [-0.3, -0.25) is 0 Å². The molecule has 7 nitrogen and oxygen atoms in total. The zero-order valence-corrected chi connectivity index (χ0v) is 16.4. The molecule has 0 spiro atoms. The SMILES string of the molecule is Cc1c(NC(=O)c2cc(C(N)=O)nc3ccccc23)nbn1Cc1ccc(F)cc1F. The maximum atomic E-state index is 14.0. The summed E-state index contributed by atoms with van der Waals surface area (Å²) in [7, 11) is 1.45. The van der Waals surface area contributed by atoms with Gasteiger partial charge in [-0.2, -0.15) is 0 Å². The van der Waals surface area contributed by atoms with Gasteiger partial charge in [0.25, 0.3) is 0 Å². The van der Waals surface area contributed by atoms with Gasteiger partial charge in [0.15, 0.2) is 0 Å². The molecule has 2 aromatic heterocycles. The number of carbonyl (C=O) groups excluding carboxylic acids is 2. The average molecular weight is 419 g/mol. The van der Waals surface area contributed by atoms with Crippen molar-refractivity contribution in [3.63, 3.8) is 0 Å². The number of pyridine rings is 1. The number of amides is 2. The Balaban J connectivity index is 1.63. The molecular weight excluding hydrogens is 403 g/mol. The molecule has 2 heterocycles. The van der Waals surface area contributed by atoms with E-state index in [0.717, 1.165) is 6.07 Å². The molecule has 0 fully saturated rings. The van der Waals surface area contributed by atoms with E-state index in [9.17, 15) is 18.4 Å². The normalized spacial score (nSPS) is 10.8. The molecular formula is C21H16BF2N5O2. The van der Waals surface area contributed by atoms with Gasteiger partial charge in [-0.15, -0.1) is 0 Å². The second-order valence-electron chi connectivity index (χ2n) is 6.93. The Morgan fingerprint density at radius 1 is 1.16 bits per heavy atom. The molecule has 10 heteroatoms. The summed E-state index contributed by atoms with van der Waals surface area (Å²) in [5, 5.41) is 3.26. The first-order valence-electron chi connectivity index (χ1n) is 9.30. The second kappa shape index (κ2) is 8.06. The third kappa shape index (κ3) is 4.04. The van der Waals surface area contributed by atoms with Gasteiger partial charge >= 0.3 is 176 Å². The van der Waals surface area contributed by atoms with E-state index < -0.39 is 23.4 Å². The minimum atomic E-state index is -0.749. The van der Waals surface area contributed by atoms with Crippen molar-refractivity contribution in [3.05, 3.63) is 82.7 Å². The Morgan fingerprint density at radius 2 is 1.94 bits per heavy atom. The van der Waals surface area contributed by atoms with Crippen LogP contribution in [0.25, 0.3) is 10.9 Å². The molecule has 154 valence electrons. The Morgan fingerprint density at radius 3 is 2.68 bits per heavy atom. The predicted octanol–water partition coefficient (Wildman–Crippen LogP) is 2.76. The molecule has 0 aliphatic rings. The summed E-state index contributed by atoms with van der Waals surface area (Å²) in [6.45, 7) is 1.83. The fraction of sp³-hybridized carbons (Fsp3) is 0.0952. The quantitative estimate of drug-likeness (QED) is 0.519. The number of rotatable bonds is 5. The first kappa shape index (κ1) is 20.3. The Hall–Kier alpha value is -3.95. The van der Waals surface area contributed by atoms with Gasteiger partial charge in [0, 0.05) is 0 Å². The van der Waals surface area contributed by atoms with Crippen molar-refractivity contribution in [1.29, 1.82) is 0 Å². The van der Waals surface area contributed by atoms with Crippen LogP contribution in [0.2, 0.25) is 0 Å². The van der Waals surface area contributed by atoms with Gasteiger partial charge in [-0.25, -0.2) is 0 Å². The molecule has 2 aromatic carbocycles. The van der Waals surface area contributed by atoms with Gasteiger partial charge in [0.05, 0.1) is 0 Å². The number of nitrogens with one attached hydrogen (secondary N) is 1. The first-order chi connectivity index (χ1) is 14.8. The number of halogens is 2. The average Bonchev–Trinajstić information content (AvgIpc) is 3.08. The molecule has 4 aromatic rings. The van der Waals surface area contributed by atoms with Gasteiger partial charge in [-0.05, 0) is 0 Å². The number of anilines is 1. The summed E-state index contributed by atoms with van der Waals surface area (Å²) >= 11 is 0. The van der Waals surface area contributed by atoms with E-state index >= 15 is 0 Å². The van der Waals surface area contributed by atoms with Crippen LogP contribution in [-0.4, -0.2) is 33.4 Å². The van der Waals surface area contributed by atoms with Gasteiger partial charge in [0.1, 0.15) is 0 Å². The van der Waals surface area contributed by atoms with E-state index in [1.807, 2.05) is 0 Å². The Kier molecular flexibility index (Phi) is 5.28. The molecule has 3 N–H and O–H groups in total. The van der Waals surface area contributed by atoms with Crippen LogP contribution >= 0.6 is 0 Å². The number of fused-ring (bicyclic) bond motifs is 1. The van der Waals surface area contributed by atoms with E-state index in [1.54, 1.807) is 35.7 Å². The van der Waals surface area contributed by atoms with E-state index in [-0.39, 0.29) is 29.2 Å². The van der Waals surface area contributed by atoms with Crippen LogP contribution in [0.15, 0.2) is 48.5 Å². The van der Waals surface area contributed by atoms with Gasteiger partial charge in [-0.1, -0.05) is 0 Å². The predicted molar refractivity (Wildman–Crippen MR) is 112 cm³/mol. The van der Waals surface area contributed by atoms with Crippen LogP contribution in [0.1, 0.15) is 32.1 Å². The minimum absolute atomic E-state index is 0.0297. The van der Waals surface area contributed by atoms with Crippen LogP contribution in [0.3, 0.4) is 0 Å². The number of carbonyl (C=O) groups is 2. The molecule has 0 aliphatic carbocycles. The Labute approximate surface area is 176 Å². The third-order valence-electron chi connectivity index (χ3n) is 4.90. The zero-order valence-electron chi connectivity index (χ0n) is 16.4. The van der Waals surface area contributed by atoms with E-state index in [2.05, 4.69) is 15.2 Å². The monoisotopic (exact) mass is 419 g/mol. The van der Waals surface area contributed by atoms with Crippen molar-refractivity contribution in [2.75, 3.05) is 5.32 Å². The molecule has 2 amide bonds. The van der Waals surface area contributed by atoms with Crippen LogP contribution in [0, 0.1) is 18.6 Å². The summed E-state index contributed by atoms with van der Waals surface area (Å²) in [5.41, 5.74) is 6.85. The van der Waals surface area contributed by atoms with Crippen LogP contribution in [-0.2, 0) is 6.54 Å². The molecule has 0 saturated carbocycles. The van der Waals surface area contributed by atoms with Crippen molar-refractivity contribution in [2.24, 2.45) is 5.73 Å². The van der Waals surface area contributed by atoms with Crippen LogP contribution in [0.4, 0.5) is 14.6 Å². The first-order valence-corrected chi connectivity index (χ1v) is 9.30. The fourth-order valence-corrected chi connectivity index (χ4v) is 3.22. The summed E-state index contributed by atoms with van der Waals surface area (Å²) in [6, 6.07) is 11.6. The summed E-state index contributed by atoms with van der Waals surface area (Å²) in [6.07, 6.45) is 0. The molecule has 4 rings (SSSR count). The van der Waals surface area contributed by atoms with Crippen molar-refractivity contribution < 1.29 is 18.4 Å². The number of para-hydroxylation sites is 1. The van der Waals surface area contributed by atoms with Crippen molar-refractivity contribution >= 4 is 35.7 Å². The maximum absolute atomic E-state index is 14.0. The molecule has 0 radical (unpaired) electrons. The second-order valence-corrected chi connectivity index (χ2v) is 6.93. The molecule has 0 atom stereocenters. The number of nitrogens with zero attached hydrogens (tertiary/aromatic N) is 3. The van der Waals surface area contributed by atoms with E-state index in [4.69, 9.17) is 5.73 Å². The number of aromatic nitrogens is 3. The van der Waals surface area contributed by atoms with Gasteiger partial charge < -0.3 is 0 Å². The standard InChI is InChI=1S/C21H16BF2N5O2/c1-11-20(28-22-29(11)10-12-6-7-13(23)8-16(12)24)27-21(31)15-9-18(19(25)30)26-17-5-3-2-4-14(15)17/h2-9H,10H2,1H3,(H2,25,30)(H,27,31). The number of hydrogen-bond acceptors (Lipinski definition) is 4. The third-order valence-corrected chi connectivity index (χ3v) is 4.90. The molecule has 0 bridgehead atoms. The topological polar surface area (TPSA) is 103 Å². The number of benzene rings is 2. The number of hydrogen-bond donors (Lipinski definition) is 2. The number of primary amides is 1. The van der Waals surface area contributed by atoms with Gasteiger partial charge in [0.2, 0.25) is 0 Å². The molecule has 0 unspecified atom stereocenters. The van der Waals surface area contributed by atoms with Crippen molar-refractivity contribution in [3.8, 4) is 0 Å². The summed E-state index contributed by atoms with van der Waals surface area (Å²) < 4.78 is 28.7. The summed E-state index contributed by atoms with van der Waals surface area (Å²) in [5.74, 6) is -2.30. The van der Waals surface area contributed by atoms with Crippen molar-refractivity contribution in [2.45, 2.75) is 13.5 Å². The number of nitrogens with two attached hydrogens (primary N) is 1. The zero-order chi connectivity index (χ0) is 22.1. The van der Waals surface area contributed by atoms with E-state index in [1.165, 1.54) is 25.4 Å². The van der Waals surface area contributed by atoms with E-state index in [0.29, 0.717) is 16.6 Å². The van der Waals surface area contributed by atoms with Crippen LogP contribution in [0.5, 0.6) is 0 Å². The molecule has 0 saturated heterocycles. The van der Waals surface area contributed by atoms with Crippen molar-refractivity contribution in [1.82, 2.24) is 14.3 Å². The summed E-state index contributed by atoms with van der Waals surface area (Å²) in [4.78, 5) is 32.9. The molecule has 0 aliphatic heterocycles. The van der Waals surface area contributed by atoms with Crippen LogP contribution < -0.4 is 11.1 Å². The molecule has 31 heavy (non-hydrogen) atoms. The Bertz CT molecular complexity index is 1340.